The first-order chi connectivity index (χ1) is 14.5. The Bertz CT molecular complexity index is 983. The Labute approximate surface area is 175 Å². The van der Waals surface area contributed by atoms with Crippen LogP contribution in [0.25, 0.3) is 0 Å². The molecule has 1 N–H and O–H groups in total. The molecule has 7 nitrogen and oxygen atoms in total. The van der Waals surface area contributed by atoms with Gasteiger partial charge in [-0.2, -0.15) is 0 Å². The lowest BCUT2D eigenvalue weighted by atomic mass is 9.95. The van der Waals surface area contributed by atoms with E-state index in [1.807, 2.05) is 53.4 Å². The Morgan fingerprint density at radius 2 is 1.57 bits per heavy atom. The van der Waals surface area contributed by atoms with Crippen LogP contribution in [-0.2, 0) is 11.2 Å². The minimum atomic E-state index is -0.465. The van der Waals surface area contributed by atoms with Crippen molar-refractivity contribution in [1.82, 2.24) is 15.1 Å². The Morgan fingerprint density at radius 1 is 0.967 bits per heavy atom. The summed E-state index contributed by atoms with van der Waals surface area (Å²) < 4.78 is 10.4. The smallest absolute Gasteiger partial charge is 0.322 e. The van der Waals surface area contributed by atoms with Gasteiger partial charge in [-0.05, 0) is 41.8 Å². The van der Waals surface area contributed by atoms with Crippen molar-refractivity contribution in [3.05, 3.63) is 70.9 Å². The number of urea groups is 1. The molecule has 2 aliphatic rings. The second-order valence-electron chi connectivity index (χ2n) is 7.40. The first-order valence-corrected chi connectivity index (χ1v) is 9.85. The summed E-state index contributed by atoms with van der Waals surface area (Å²) in [6.07, 6.45) is 0.731. The molecule has 0 saturated carbocycles. The second kappa shape index (κ2) is 8.10. The SMILES string of the molecule is COc1ccc(CCN2CC3=C(C2=O)[C@H](c2ccc(OC)cc2)NC(=O)N3C)cc1. The molecule has 4 rings (SSSR count). The third-order valence-corrected chi connectivity index (χ3v) is 5.71. The molecule has 1 atom stereocenters. The van der Waals surface area contributed by atoms with Crippen LogP contribution in [0.1, 0.15) is 17.2 Å². The molecule has 0 unspecified atom stereocenters. The summed E-state index contributed by atoms with van der Waals surface area (Å²) in [7, 11) is 4.95. The predicted molar refractivity (Wildman–Crippen MR) is 112 cm³/mol. The Morgan fingerprint density at radius 3 is 2.17 bits per heavy atom. The summed E-state index contributed by atoms with van der Waals surface area (Å²) in [5.74, 6) is 1.50. The van der Waals surface area contributed by atoms with Gasteiger partial charge in [0.05, 0.1) is 38.1 Å². The molecule has 3 amide bonds. The van der Waals surface area contributed by atoms with Crippen LogP contribution in [0.3, 0.4) is 0 Å². The molecule has 0 radical (unpaired) electrons. The van der Waals surface area contributed by atoms with Gasteiger partial charge in [0.1, 0.15) is 11.5 Å². The monoisotopic (exact) mass is 407 g/mol. The molecule has 156 valence electrons. The molecule has 30 heavy (non-hydrogen) atoms. The molecule has 0 aromatic heterocycles. The molecule has 2 heterocycles. The van der Waals surface area contributed by atoms with Gasteiger partial charge in [0.25, 0.3) is 5.91 Å². The molecule has 0 fully saturated rings. The zero-order valence-corrected chi connectivity index (χ0v) is 17.3. The van der Waals surface area contributed by atoms with Crippen molar-refractivity contribution in [2.45, 2.75) is 12.5 Å². The van der Waals surface area contributed by atoms with Crippen LogP contribution >= 0.6 is 0 Å². The number of methoxy groups -OCH3 is 2. The lowest BCUT2D eigenvalue weighted by molar-refractivity contribution is -0.125. The highest BCUT2D eigenvalue weighted by molar-refractivity contribution is 6.01. The maximum absolute atomic E-state index is 13.3. The van der Waals surface area contributed by atoms with E-state index >= 15 is 0 Å². The third kappa shape index (κ3) is 3.58. The number of amides is 3. The fraction of sp³-hybridized carbons (Fsp3) is 0.304. The van der Waals surface area contributed by atoms with Crippen molar-refractivity contribution in [3.63, 3.8) is 0 Å². The summed E-state index contributed by atoms with van der Waals surface area (Å²) in [4.78, 5) is 29.1. The van der Waals surface area contributed by atoms with Gasteiger partial charge in [-0.1, -0.05) is 24.3 Å². The van der Waals surface area contributed by atoms with Gasteiger partial charge in [0, 0.05) is 13.6 Å². The first-order valence-electron chi connectivity index (χ1n) is 9.85. The number of benzene rings is 2. The number of nitrogens with zero attached hydrogens (tertiary/aromatic N) is 2. The van der Waals surface area contributed by atoms with Crippen LogP contribution in [0.15, 0.2) is 59.8 Å². The van der Waals surface area contributed by atoms with Crippen LogP contribution < -0.4 is 14.8 Å². The van der Waals surface area contributed by atoms with Gasteiger partial charge in [-0.15, -0.1) is 0 Å². The average Bonchev–Trinajstić information content (AvgIpc) is 3.12. The summed E-state index contributed by atoms with van der Waals surface area (Å²) in [5, 5.41) is 2.96. The average molecular weight is 407 g/mol. The van der Waals surface area contributed by atoms with Crippen molar-refractivity contribution in [2.75, 3.05) is 34.4 Å². The molecular formula is C23H25N3O4. The Balaban J connectivity index is 1.54. The van der Waals surface area contributed by atoms with Crippen molar-refractivity contribution >= 4 is 11.9 Å². The Kier molecular flexibility index (Phi) is 5.35. The van der Waals surface area contributed by atoms with E-state index in [9.17, 15) is 9.59 Å². The van der Waals surface area contributed by atoms with Gasteiger partial charge >= 0.3 is 6.03 Å². The molecule has 0 bridgehead atoms. The van der Waals surface area contributed by atoms with Gasteiger partial charge in [0.2, 0.25) is 0 Å². The number of ether oxygens (including phenoxy) is 2. The minimum Gasteiger partial charge on any atom is -0.497 e. The highest BCUT2D eigenvalue weighted by Crippen LogP contribution is 2.36. The molecule has 7 heteroatoms. The molecule has 0 spiro atoms. The molecule has 0 saturated heterocycles. The molecule has 2 aromatic carbocycles. The standard InChI is InChI=1S/C23H25N3O4/c1-25-19-14-26(13-12-15-4-8-17(29-2)9-5-15)22(27)20(19)21(24-23(25)28)16-6-10-18(30-3)11-7-16/h4-11,21H,12-14H2,1-3H3,(H,24,28)/t21-/m0/s1. The molecule has 2 aromatic rings. The number of nitrogens with one attached hydrogen (secondary N) is 1. The predicted octanol–water partition coefficient (Wildman–Crippen LogP) is 2.74. The van der Waals surface area contributed by atoms with E-state index in [4.69, 9.17) is 9.47 Å². The minimum absolute atomic E-state index is 0.0359. The number of likely N-dealkylation sites (N-methyl/N-ethyl adjacent to an activating group) is 1. The quantitative estimate of drug-likeness (QED) is 0.799. The van der Waals surface area contributed by atoms with Gasteiger partial charge in [-0.25, -0.2) is 4.79 Å². The lowest BCUT2D eigenvalue weighted by Gasteiger charge is -2.31. The maximum atomic E-state index is 13.3. The van der Waals surface area contributed by atoms with E-state index in [2.05, 4.69) is 5.32 Å². The zero-order chi connectivity index (χ0) is 21.3. The second-order valence-corrected chi connectivity index (χ2v) is 7.40. The Hall–Kier alpha value is -3.48. The number of carbonyl (C=O) groups is 2. The van der Waals surface area contributed by atoms with Gasteiger partial charge < -0.3 is 19.7 Å². The van der Waals surface area contributed by atoms with Crippen molar-refractivity contribution in [1.29, 1.82) is 0 Å². The largest absolute Gasteiger partial charge is 0.497 e. The van der Waals surface area contributed by atoms with Crippen LogP contribution in [0.4, 0.5) is 4.79 Å². The lowest BCUT2D eigenvalue weighted by Crippen LogP contribution is -2.45. The van der Waals surface area contributed by atoms with E-state index in [-0.39, 0.29) is 11.9 Å². The van der Waals surface area contributed by atoms with Crippen molar-refractivity contribution in [2.24, 2.45) is 0 Å². The normalized spacial score (nSPS) is 18.4. The zero-order valence-electron chi connectivity index (χ0n) is 17.3. The summed E-state index contributed by atoms with van der Waals surface area (Å²) >= 11 is 0. The van der Waals surface area contributed by atoms with Crippen LogP contribution in [0.5, 0.6) is 11.5 Å². The van der Waals surface area contributed by atoms with Crippen molar-refractivity contribution in [3.8, 4) is 11.5 Å². The number of carbonyl (C=O) groups excluding carboxylic acids is 2. The fourth-order valence-corrected chi connectivity index (χ4v) is 3.91. The number of hydrogen-bond donors (Lipinski definition) is 1. The van der Waals surface area contributed by atoms with Crippen molar-refractivity contribution < 1.29 is 19.1 Å². The van der Waals surface area contributed by atoms with E-state index in [0.717, 1.165) is 34.7 Å². The highest BCUT2D eigenvalue weighted by atomic mass is 16.5. The van der Waals surface area contributed by atoms with E-state index in [0.29, 0.717) is 18.7 Å². The van der Waals surface area contributed by atoms with Gasteiger partial charge in [-0.3, -0.25) is 9.69 Å². The van der Waals surface area contributed by atoms with Crippen LogP contribution in [-0.4, -0.2) is 56.1 Å². The molecular weight excluding hydrogens is 382 g/mol. The molecule has 2 aliphatic heterocycles. The van der Waals surface area contributed by atoms with Crippen LogP contribution in [0, 0.1) is 0 Å². The fourth-order valence-electron chi connectivity index (χ4n) is 3.91. The topological polar surface area (TPSA) is 71.1 Å². The molecule has 0 aliphatic carbocycles. The van der Waals surface area contributed by atoms with E-state index in [1.54, 1.807) is 26.2 Å². The van der Waals surface area contributed by atoms with E-state index in [1.165, 1.54) is 0 Å². The summed E-state index contributed by atoms with van der Waals surface area (Å²) in [5.41, 5.74) is 3.38. The third-order valence-electron chi connectivity index (χ3n) is 5.71. The highest BCUT2D eigenvalue weighted by Gasteiger charge is 2.42. The summed E-state index contributed by atoms with van der Waals surface area (Å²) in [6.45, 7) is 1.01. The summed E-state index contributed by atoms with van der Waals surface area (Å²) in [6, 6.07) is 14.6. The number of rotatable bonds is 6. The first kappa shape index (κ1) is 19.8. The van der Waals surface area contributed by atoms with E-state index < -0.39 is 6.04 Å². The maximum Gasteiger partial charge on any atom is 0.322 e. The number of hydrogen-bond acceptors (Lipinski definition) is 4. The van der Waals surface area contributed by atoms with Gasteiger partial charge in [0.15, 0.2) is 0 Å². The van der Waals surface area contributed by atoms with Crippen LogP contribution in [0.2, 0.25) is 0 Å².